The summed E-state index contributed by atoms with van der Waals surface area (Å²) in [6.45, 7) is 6.18. The standard InChI is InChI=1S/C22H21N5OS2/c1-13-5-8-16(9-6-13)20-25-26-22(29)27(20)11-19(28)24-21-23-18(12-30-21)17-10-14(2)4-7-15(17)3/h4-10,12H,11H2,1-3H3,(H,26,29)(H,23,24,28). The minimum absolute atomic E-state index is 0.0525. The van der Waals surface area contributed by atoms with Gasteiger partial charge in [0.25, 0.3) is 0 Å². The zero-order valence-corrected chi connectivity index (χ0v) is 18.5. The molecule has 30 heavy (non-hydrogen) atoms. The molecule has 2 aromatic carbocycles. The summed E-state index contributed by atoms with van der Waals surface area (Å²) in [5.74, 6) is 0.424. The van der Waals surface area contributed by atoms with Gasteiger partial charge in [0.05, 0.1) is 5.69 Å². The van der Waals surface area contributed by atoms with E-state index < -0.39 is 0 Å². The highest BCUT2D eigenvalue weighted by Crippen LogP contribution is 2.28. The third-order valence-corrected chi connectivity index (χ3v) is 5.86. The van der Waals surface area contributed by atoms with Gasteiger partial charge in [0, 0.05) is 16.5 Å². The van der Waals surface area contributed by atoms with Gasteiger partial charge in [-0.1, -0.05) is 47.5 Å². The van der Waals surface area contributed by atoms with Crippen LogP contribution in [0, 0.1) is 25.5 Å². The third-order valence-electron chi connectivity index (χ3n) is 4.79. The Morgan fingerprint density at radius 2 is 1.87 bits per heavy atom. The summed E-state index contributed by atoms with van der Waals surface area (Å²) < 4.78 is 2.09. The molecule has 8 heteroatoms. The van der Waals surface area contributed by atoms with Crippen LogP contribution in [0.5, 0.6) is 0 Å². The maximum atomic E-state index is 12.7. The average Bonchev–Trinajstić information content (AvgIpc) is 3.32. The van der Waals surface area contributed by atoms with Gasteiger partial charge < -0.3 is 5.32 Å². The topological polar surface area (TPSA) is 75.6 Å². The van der Waals surface area contributed by atoms with Crippen LogP contribution in [0.25, 0.3) is 22.6 Å². The Bertz CT molecular complexity index is 1270. The number of carbonyl (C=O) groups is 1. The molecule has 4 rings (SSSR count). The highest BCUT2D eigenvalue weighted by Gasteiger charge is 2.14. The van der Waals surface area contributed by atoms with E-state index in [2.05, 4.69) is 52.5 Å². The van der Waals surface area contributed by atoms with Crippen LogP contribution >= 0.6 is 23.6 Å². The van der Waals surface area contributed by atoms with E-state index in [4.69, 9.17) is 12.2 Å². The number of nitrogens with one attached hydrogen (secondary N) is 2. The van der Waals surface area contributed by atoms with Crippen LogP contribution in [-0.2, 0) is 11.3 Å². The number of nitrogens with zero attached hydrogens (tertiary/aromatic N) is 3. The largest absolute Gasteiger partial charge is 0.300 e. The molecule has 0 saturated heterocycles. The number of aromatic nitrogens is 4. The summed E-state index contributed by atoms with van der Waals surface area (Å²) >= 11 is 6.73. The van der Waals surface area contributed by atoms with Crippen molar-refractivity contribution in [2.45, 2.75) is 27.3 Å². The lowest BCUT2D eigenvalue weighted by Crippen LogP contribution is -2.19. The molecule has 152 valence electrons. The van der Waals surface area contributed by atoms with Crippen LogP contribution in [-0.4, -0.2) is 25.7 Å². The number of anilines is 1. The van der Waals surface area contributed by atoms with Crippen LogP contribution in [0.15, 0.2) is 47.8 Å². The number of rotatable bonds is 5. The molecule has 0 atom stereocenters. The van der Waals surface area contributed by atoms with Crippen molar-refractivity contribution in [2.75, 3.05) is 5.32 Å². The second kappa shape index (κ2) is 8.33. The van der Waals surface area contributed by atoms with Crippen LogP contribution in [0.1, 0.15) is 16.7 Å². The van der Waals surface area contributed by atoms with Gasteiger partial charge >= 0.3 is 0 Å². The van der Waals surface area contributed by atoms with Crippen molar-refractivity contribution >= 4 is 34.6 Å². The Labute approximate surface area is 183 Å². The maximum Gasteiger partial charge on any atom is 0.246 e. The first-order valence-electron chi connectivity index (χ1n) is 9.46. The maximum absolute atomic E-state index is 12.7. The smallest absolute Gasteiger partial charge is 0.246 e. The van der Waals surface area contributed by atoms with Gasteiger partial charge in [0.1, 0.15) is 6.54 Å². The Morgan fingerprint density at radius 1 is 1.13 bits per heavy atom. The second-order valence-corrected chi connectivity index (χ2v) is 8.45. The highest BCUT2D eigenvalue weighted by molar-refractivity contribution is 7.71. The number of benzene rings is 2. The minimum atomic E-state index is -0.206. The van der Waals surface area contributed by atoms with Gasteiger partial charge in [0.15, 0.2) is 15.7 Å². The molecule has 0 aliphatic rings. The minimum Gasteiger partial charge on any atom is -0.300 e. The van der Waals surface area contributed by atoms with Crippen molar-refractivity contribution in [3.8, 4) is 22.6 Å². The number of aromatic amines is 1. The molecule has 0 aliphatic carbocycles. The molecule has 0 unspecified atom stereocenters. The average molecular weight is 436 g/mol. The monoisotopic (exact) mass is 435 g/mol. The molecule has 0 radical (unpaired) electrons. The van der Waals surface area contributed by atoms with E-state index >= 15 is 0 Å². The predicted molar refractivity (Wildman–Crippen MR) is 123 cm³/mol. The molecule has 0 spiro atoms. The van der Waals surface area contributed by atoms with Gasteiger partial charge in [-0.3, -0.25) is 14.5 Å². The third kappa shape index (κ3) is 4.24. The van der Waals surface area contributed by atoms with Crippen molar-refractivity contribution in [1.82, 2.24) is 19.7 Å². The van der Waals surface area contributed by atoms with Crippen LogP contribution < -0.4 is 5.32 Å². The van der Waals surface area contributed by atoms with Crippen molar-refractivity contribution in [2.24, 2.45) is 0 Å². The fraction of sp³-hybridized carbons (Fsp3) is 0.182. The van der Waals surface area contributed by atoms with E-state index in [9.17, 15) is 4.79 Å². The van der Waals surface area contributed by atoms with E-state index in [1.54, 1.807) is 4.57 Å². The van der Waals surface area contributed by atoms with Crippen molar-refractivity contribution in [1.29, 1.82) is 0 Å². The molecule has 1 amide bonds. The molecular weight excluding hydrogens is 414 g/mol. The molecule has 6 nitrogen and oxygen atoms in total. The lowest BCUT2D eigenvalue weighted by Gasteiger charge is -2.07. The Hall–Kier alpha value is -3.10. The lowest BCUT2D eigenvalue weighted by molar-refractivity contribution is -0.116. The number of hydrogen-bond donors (Lipinski definition) is 2. The molecule has 4 aromatic rings. The lowest BCUT2D eigenvalue weighted by atomic mass is 10.0. The first-order valence-corrected chi connectivity index (χ1v) is 10.7. The van der Waals surface area contributed by atoms with Crippen LogP contribution in [0.4, 0.5) is 5.13 Å². The number of amides is 1. The zero-order valence-electron chi connectivity index (χ0n) is 16.9. The Morgan fingerprint density at radius 3 is 2.63 bits per heavy atom. The fourth-order valence-electron chi connectivity index (χ4n) is 3.16. The van der Waals surface area contributed by atoms with Gasteiger partial charge in [-0.15, -0.1) is 11.3 Å². The Kier molecular flexibility index (Phi) is 5.61. The highest BCUT2D eigenvalue weighted by atomic mass is 32.1. The summed E-state index contributed by atoms with van der Waals surface area (Å²) in [7, 11) is 0. The summed E-state index contributed by atoms with van der Waals surface area (Å²) in [5.41, 5.74) is 6.30. The molecule has 2 N–H and O–H groups in total. The summed E-state index contributed by atoms with van der Waals surface area (Å²) in [6.07, 6.45) is 0. The molecule has 0 saturated carbocycles. The van der Waals surface area contributed by atoms with Crippen molar-refractivity contribution in [3.63, 3.8) is 0 Å². The van der Waals surface area contributed by atoms with E-state index in [0.29, 0.717) is 15.7 Å². The first-order chi connectivity index (χ1) is 14.4. The molecule has 2 heterocycles. The van der Waals surface area contributed by atoms with Crippen molar-refractivity contribution in [3.05, 3.63) is 69.3 Å². The molecule has 2 aromatic heterocycles. The predicted octanol–water partition coefficient (Wildman–Crippen LogP) is 5.30. The quantitative estimate of drug-likeness (QED) is 0.417. The molecule has 0 fully saturated rings. The summed E-state index contributed by atoms with van der Waals surface area (Å²) in [6, 6.07) is 14.2. The summed E-state index contributed by atoms with van der Waals surface area (Å²) in [5, 5.41) is 12.5. The normalized spacial score (nSPS) is 10.9. The first kappa shape index (κ1) is 20.2. The number of carbonyl (C=O) groups excluding carboxylic acids is 1. The van der Waals surface area contributed by atoms with E-state index in [-0.39, 0.29) is 12.5 Å². The van der Waals surface area contributed by atoms with Gasteiger partial charge in [-0.05, 0) is 44.6 Å². The number of H-pyrrole nitrogens is 1. The number of aryl methyl sites for hydroxylation is 3. The van der Waals surface area contributed by atoms with Crippen LogP contribution in [0.2, 0.25) is 0 Å². The summed E-state index contributed by atoms with van der Waals surface area (Å²) in [4.78, 5) is 17.3. The molecule has 0 bridgehead atoms. The fourth-order valence-corrected chi connectivity index (χ4v) is 4.08. The number of hydrogen-bond acceptors (Lipinski definition) is 5. The van der Waals surface area contributed by atoms with Crippen molar-refractivity contribution < 1.29 is 4.79 Å². The Balaban J connectivity index is 1.52. The van der Waals surface area contributed by atoms with E-state index in [0.717, 1.165) is 27.9 Å². The van der Waals surface area contributed by atoms with Crippen LogP contribution in [0.3, 0.4) is 0 Å². The molecule has 0 aliphatic heterocycles. The number of thiazole rings is 1. The van der Waals surface area contributed by atoms with Gasteiger partial charge in [-0.25, -0.2) is 4.98 Å². The SMILES string of the molecule is Cc1ccc(-c2n[nH]c(=S)n2CC(=O)Nc2nc(-c3cc(C)ccc3C)cs2)cc1. The van der Waals surface area contributed by atoms with E-state index in [1.165, 1.54) is 16.9 Å². The molecular formula is C22H21N5OS2. The van der Waals surface area contributed by atoms with E-state index in [1.807, 2.05) is 36.6 Å². The van der Waals surface area contributed by atoms with Gasteiger partial charge in [0.2, 0.25) is 5.91 Å². The van der Waals surface area contributed by atoms with Gasteiger partial charge in [-0.2, -0.15) is 5.10 Å². The second-order valence-electron chi connectivity index (χ2n) is 7.21. The zero-order chi connectivity index (χ0) is 21.3.